The van der Waals surface area contributed by atoms with E-state index in [1.165, 1.54) is 5.56 Å². The summed E-state index contributed by atoms with van der Waals surface area (Å²) in [5.41, 5.74) is 2.75. The van der Waals surface area contributed by atoms with E-state index in [1.54, 1.807) is 24.5 Å². The summed E-state index contributed by atoms with van der Waals surface area (Å²) >= 11 is 0. The highest BCUT2D eigenvalue weighted by Gasteiger charge is 2.17. The number of nitrogens with one attached hydrogen (secondary N) is 3. The van der Waals surface area contributed by atoms with Crippen molar-refractivity contribution in [2.45, 2.75) is 32.6 Å². The topological polar surface area (TPSA) is 91.9 Å². The highest BCUT2D eigenvalue weighted by Crippen LogP contribution is 2.22. The maximum Gasteiger partial charge on any atom is 0.324 e. The number of amides is 2. The van der Waals surface area contributed by atoms with Crippen LogP contribution >= 0.6 is 0 Å². The van der Waals surface area contributed by atoms with Gasteiger partial charge in [0.15, 0.2) is 5.82 Å². The Bertz CT molecular complexity index is 899. The van der Waals surface area contributed by atoms with Crippen LogP contribution in [0.5, 0.6) is 5.75 Å². The molecule has 3 aromatic rings. The van der Waals surface area contributed by atoms with Gasteiger partial charge < -0.3 is 10.1 Å². The van der Waals surface area contributed by atoms with Crippen molar-refractivity contribution in [3.63, 3.8) is 0 Å². The molecule has 0 saturated carbocycles. The van der Waals surface area contributed by atoms with Gasteiger partial charge in [0, 0.05) is 41.7 Å². The number of hydrogen-bond acceptors (Lipinski definition) is 4. The van der Waals surface area contributed by atoms with Crippen LogP contribution < -0.4 is 15.4 Å². The fourth-order valence-electron chi connectivity index (χ4n) is 2.52. The Morgan fingerprint density at radius 1 is 1.07 bits per heavy atom. The van der Waals surface area contributed by atoms with E-state index in [1.807, 2.05) is 30.3 Å². The number of hydrogen-bond donors (Lipinski definition) is 3. The van der Waals surface area contributed by atoms with Crippen LogP contribution in [0.4, 0.5) is 16.3 Å². The zero-order chi connectivity index (χ0) is 20.0. The molecule has 146 valence electrons. The minimum absolute atomic E-state index is 0.0589. The van der Waals surface area contributed by atoms with Gasteiger partial charge in [-0.05, 0) is 42.0 Å². The summed E-state index contributed by atoms with van der Waals surface area (Å²) < 4.78 is 5.74. The minimum atomic E-state index is -0.349. The molecule has 0 unspecified atom stereocenters. The summed E-state index contributed by atoms with van der Waals surface area (Å²) in [7, 11) is 0. The lowest BCUT2D eigenvalue weighted by Gasteiger charge is -2.14. The molecule has 7 nitrogen and oxygen atoms in total. The van der Waals surface area contributed by atoms with Crippen molar-refractivity contribution in [3.05, 3.63) is 66.1 Å². The first-order valence-electron chi connectivity index (χ1n) is 9.16. The molecule has 3 rings (SSSR count). The molecule has 0 spiro atoms. The van der Waals surface area contributed by atoms with Gasteiger partial charge in [-0.2, -0.15) is 5.10 Å². The summed E-state index contributed by atoms with van der Waals surface area (Å²) in [6, 6.07) is 12.7. The Morgan fingerprint density at radius 2 is 1.79 bits per heavy atom. The van der Waals surface area contributed by atoms with Crippen molar-refractivity contribution < 1.29 is 9.53 Å². The van der Waals surface area contributed by atoms with E-state index >= 15 is 0 Å². The molecule has 0 aliphatic heterocycles. The summed E-state index contributed by atoms with van der Waals surface area (Å²) in [5, 5.41) is 12.6. The average Bonchev–Trinajstić information content (AvgIpc) is 3.13. The van der Waals surface area contributed by atoms with Gasteiger partial charge >= 0.3 is 6.03 Å². The highest BCUT2D eigenvalue weighted by molar-refractivity contribution is 5.99. The number of nitrogens with zero attached hydrogens (tertiary/aromatic N) is 2. The summed E-state index contributed by atoms with van der Waals surface area (Å²) in [4.78, 5) is 16.1. The van der Waals surface area contributed by atoms with E-state index in [-0.39, 0.29) is 11.4 Å². The first-order valence-corrected chi connectivity index (χ1v) is 9.16. The van der Waals surface area contributed by atoms with Crippen LogP contribution in [-0.4, -0.2) is 27.8 Å². The summed E-state index contributed by atoms with van der Waals surface area (Å²) in [6.45, 7) is 6.80. The summed E-state index contributed by atoms with van der Waals surface area (Å²) in [5.74, 6) is 1.24. The predicted molar refractivity (Wildman–Crippen MR) is 110 cm³/mol. The first-order chi connectivity index (χ1) is 13.4. The molecular weight excluding hydrogens is 354 g/mol. The van der Waals surface area contributed by atoms with Crippen molar-refractivity contribution in [1.82, 2.24) is 15.2 Å². The number of carbonyl (C=O) groups is 1. The molecule has 2 amide bonds. The van der Waals surface area contributed by atoms with E-state index in [0.29, 0.717) is 18.1 Å². The van der Waals surface area contributed by atoms with Gasteiger partial charge in [0.1, 0.15) is 5.75 Å². The second kappa shape index (κ2) is 8.56. The predicted octanol–water partition coefficient (Wildman–Crippen LogP) is 4.37. The number of H-pyrrole nitrogens is 1. The van der Waals surface area contributed by atoms with Crippen LogP contribution in [0.15, 0.2) is 54.9 Å². The Labute approximate surface area is 164 Å². The van der Waals surface area contributed by atoms with Crippen molar-refractivity contribution in [2.75, 3.05) is 17.2 Å². The van der Waals surface area contributed by atoms with E-state index < -0.39 is 0 Å². The van der Waals surface area contributed by atoms with Gasteiger partial charge in [-0.1, -0.05) is 20.8 Å². The normalized spacial score (nSPS) is 11.1. The third-order valence-corrected chi connectivity index (χ3v) is 4.15. The number of carbonyl (C=O) groups excluding carboxylic acids is 1. The zero-order valence-corrected chi connectivity index (χ0v) is 16.3. The van der Waals surface area contributed by atoms with Crippen molar-refractivity contribution in [2.24, 2.45) is 0 Å². The van der Waals surface area contributed by atoms with Crippen LogP contribution in [0.25, 0.3) is 0 Å². The molecular formula is C21H25N5O2. The molecule has 3 N–H and O–H groups in total. The molecule has 1 aromatic carbocycles. The maximum atomic E-state index is 12.1. The molecule has 2 heterocycles. The molecule has 0 saturated heterocycles. The fourth-order valence-corrected chi connectivity index (χ4v) is 2.52. The highest BCUT2D eigenvalue weighted by atomic mass is 16.5. The molecule has 0 aliphatic carbocycles. The number of aromatic nitrogens is 3. The van der Waals surface area contributed by atoms with Gasteiger partial charge in [-0.25, -0.2) is 4.79 Å². The van der Waals surface area contributed by atoms with E-state index in [4.69, 9.17) is 4.74 Å². The van der Waals surface area contributed by atoms with E-state index in [2.05, 4.69) is 46.6 Å². The monoisotopic (exact) mass is 379 g/mol. The quantitative estimate of drug-likeness (QED) is 0.593. The lowest BCUT2D eigenvalue weighted by atomic mass is 9.92. The standard InChI is InChI=1S/C21H25N5O2/c1-21(2,3)18-14-19(26-25-18)24-20(27)23-16-4-6-17(7-5-16)28-13-10-15-8-11-22-12-9-15/h4-9,11-12,14H,10,13H2,1-3H3,(H3,23,24,25,26,27). The van der Waals surface area contributed by atoms with Crippen molar-refractivity contribution in [1.29, 1.82) is 0 Å². The molecule has 0 radical (unpaired) electrons. The number of urea groups is 1. The van der Waals surface area contributed by atoms with Crippen LogP contribution in [0, 0.1) is 0 Å². The van der Waals surface area contributed by atoms with Gasteiger partial charge in [0.05, 0.1) is 6.61 Å². The lowest BCUT2D eigenvalue weighted by molar-refractivity contribution is 0.262. The largest absolute Gasteiger partial charge is 0.493 e. The Kier molecular flexibility index (Phi) is 5.93. The molecule has 7 heteroatoms. The zero-order valence-electron chi connectivity index (χ0n) is 16.3. The molecule has 0 bridgehead atoms. The third kappa shape index (κ3) is 5.57. The Morgan fingerprint density at radius 3 is 2.43 bits per heavy atom. The molecule has 0 aliphatic rings. The first kappa shape index (κ1) is 19.4. The van der Waals surface area contributed by atoms with E-state index in [9.17, 15) is 4.79 Å². The van der Waals surface area contributed by atoms with Gasteiger partial charge in [0.25, 0.3) is 0 Å². The number of ether oxygens (including phenoxy) is 1. The fraction of sp³-hybridized carbons (Fsp3) is 0.286. The number of anilines is 2. The SMILES string of the molecule is CC(C)(C)c1cc(NC(=O)Nc2ccc(OCCc3ccncc3)cc2)n[nH]1. The van der Waals surface area contributed by atoms with Crippen molar-refractivity contribution in [3.8, 4) is 5.75 Å². The third-order valence-electron chi connectivity index (χ3n) is 4.15. The lowest BCUT2D eigenvalue weighted by Crippen LogP contribution is -2.19. The molecule has 0 atom stereocenters. The number of aromatic amines is 1. The average molecular weight is 379 g/mol. The minimum Gasteiger partial charge on any atom is -0.493 e. The van der Waals surface area contributed by atoms with Crippen LogP contribution in [0.3, 0.4) is 0 Å². The molecule has 28 heavy (non-hydrogen) atoms. The van der Waals surface area contributed by atoms with Crippen LogP contribution in [0.1, 0.15) is 32.0 Å². The van der Waals surface area contributed by atoms with Crippen LogP contribution in [0.2, 0.25) is 0 Å². The summed E-state index contributed by atoms with van der Waals surface area (Å²) in [6.07, 6.45) is 4.35. The maximum absolute atomic E-state index is 12.1. The Balaban J connectivity index is 1.47. The van der Waals surface area contributed by atoms with Gasteiger partial charge in [0.2, 0.25) is 0 Å². The number of benzene rings is 1. The van der Waals surface area contributed by atoms with Gasteiger partial charge in [-0.15, -0.1) is 0 Å². The van der Waals surface area contributed by atoms with Crippen molar-refractivity contribution >= 4 is 17.5 Å². The molecule has 2 aromatic heterocycles. The number of rotatable bonds is 6. The second-order valence-corrected chi connectivity index (χ2v) is 7.47. The Hall–Kier alpha value is -3.35. The number of pyridine rings is 1. The van der Waals surface area contributed by atoms with Gasteiger partial charge in [-0.3, -0.25) is 15.4 Å². The molecule has 0 fully saturated rings. The smallest absolute Gasteiger partial charge is 0.324 e. The second-order valence-electron chi connectivity index (χ2n) is 7.47. The van der Waals surface area contributed by atoms with E-state index in [0.717, 1.165) is 17.9 Å². The van der Waals surface area contributed by atoms with Crippen LogP contribution in [-0.2, 0) is 11.8 Å².